The van der Waals surface area contributed by atoms with Crippen molar-refractivity contribution in [3.63, 3.8) is 0 Å². The second-order valence-electron chi connectivity index (χ2n) is 9.21. The van der Waals surface area contributed by atoms with E-state index in [2.05, 4.69) is 9.88 Å². The van der Waals surface area contributed by atoms with Gasteiger partial charge < -0.3 is 20.0 Å². The number of likely N-dealkylation sites (tertiary alicyclic amines) is 1. The lowest BCUT2D eigenvalue weighted by Gasteiger charge is -2.48. The Bertz CT molecular complexity index is 1230. The molecule has 2 fully saturated rings. The third kappa shape index (κ3) is 9.39. The van der Waals surface area contributed by atoms with E-state index in [0.717, 1.165) is 24.2 Å². The number of carboxylic acids is 2. The SMILES string of the molecule is CC(=O)N1CC(=O)N(c2cccnc2)CC12CCN(Cc1ccc(F)cc1)C2.O=C(O)C(F)(F)F.O=C(O)C(F)(F)F. The van der Waals surface area contributed by atoms with Crippen LogP contribution in [0.25, 0.3) is 0 Å². The summed E-state index contributed by atoms with van der Waals surface area (Å²) in [6, 6.07) is 10.2. The normalized spacial score (nSPS) is 19.0. The van der Waals surface area contributed by atoms with Gasteiger partial charge in [-0.05, 0) is 36.2 Å². The molecule has 3 heterocycles. The van der Waals surface area contributed by atoms with E-state index in [1.807, 2.05) is 12.1 Å². The van der Waals surface area contributed by atoms with Crippen molar-refractivity contribution in [2.75, 3.05) is 31.1 Å². The summed E-state index contributed by atoms with van der Waals surface area (Å²) in [5.41, 5.74) is 1.37. The molecule has 2 aliphatic heterocycles. The van der Waals surface area contributed by atoms with Gasteiger partial charge in [0.05, 0.1) is 24.0 Å². The Hall–Kier alpha value is -4.28. The summed E-state index contributed by atoms with van der Waals surface area (Å²) in [6.45, 7) is 4.24. The van der Waals surface area contributed by atoms with Crippen molar-refractivity contribution in [1.82, 2.24) is 14.8 Å². The lowest BCUT2D eigenvalue weighted by atomic mass is 9.91. The molecule has 2 saturated heterocycles. The van der Waals surface area contributed by atoms with Gasteiger partial charge in [0.15, 0.2) is 0 Å². The van der Waals surface area contributed by atoms with E-state index < -0.39 is 29.8 Å². The molecular formula is C25H25F7N4O6. The minimum atomic E-state index is -5.08. The van der Waals surface area contributed by atoms with Crippen LogP contribution in [0.15, 0.2) is 48.8 Å². The molecule has 10 nitrogen and oxygen atoms in total. The number of aromatic nitrogens is 1. The fraction of sp³-hybridized carbons (Fsp3) is 0.400. The van der Waals surface area contributed by atoms with E-state index in [-0.39, 0.29) is 24.2 Å². The van der Waals surface area contributed by atoms with Gasteiger partial charge in [0.2, 0.25) is 11.8 Å². The number of nitrogens with zero attached hydrogens (tertiary/aromatic N) is 4. The maximum absolute atomic E-state index is 13.2. The number of carboxylic acid groups (broad SMARTS) is 2. The van der Waals surface area contributed by atoms with Gasteiger partial charge in [0, 0.05) is 32.8 Å². The second-order valence-corrected chi connectivity index (χ2v) is 9.21. The largest absolute Gasteiger partial charge is 0.490 e. The molecule has 1 unspecified atom stereocenters. The molecule has 2 amide bonds. The lowest BCUT2D eigenvalue weighted by molar-refractivity contribution is -0.193. The van der Waals surface area contributed by atoms with E-state index in [4.69, 9.17) is 19.8 Å². The zero-order chi connectivity index (χ0) is 31.9. The van der Waals surface area contributed by atoms with Crippen LogP contribution >= 0.6 is 0 Å². The van der Waals surface area contributed by atoms with Crippen LogP contribution in [0, 0.1) is 5.82 Å². The van der Waals surface area contributed by atoms with Crippen LogP contribution in [-0.4, -0.2) is 92.8 Å². The minimum absolute atomic E-state index is 0.0780. The quantitative estimate of drug-likeness (QED) is 0.507. The molecule has 1 aromatic heterocycles. The monoisotopic (exact) mass is 610 g/mol. The molecule has 1 atom stereocenters. The number of amides is 2. The van der Waals surface area contributed by atoms with Crippen molar-refractivity contribution in [3.8, 4) is 0 Å². The van der Waals surface area contributed by atoms with E-state index >= 15 is 0 Å². The highest BCUT2D eigenvalue weighted by Gasteiger charge is 2.50. The Morgan fingerprint density at radius 1 is 0.952 bits per heavy atom. The van der Waals surface area contributed by atoms with E-state index in [9.17, 15) is 40.3 Å². The van der Waals surface area contributed by atoms with Crippen LogP contribution in [0.3, 0.4) is 0 Å². The number of hydrogen-bond acceptors (Lipinski definition) is 6. The molecule has 4 rings (SSSR count). The summed E-state index contributed by atoms with van der Waals surface area (Å²) in [7, 11) is 0. The minimum Gasteiger partial charge on any atom is -0.475 e. The van der Waals surface area contributed by atoms with Crippen LogP contribution in [0.4, 0.5) is 36.4 Å². The molecular weight excluding hydrogens is 585 g/mol. The topological polar surface area (TPSA) is 131 Å². The molecule has 0 radical (unpaired) electrons. The van der Waals surface area contributed by atoms with Crippen molar-refractivity contribution >= 4 is 29.4 Å². The van der Waals surface area contributed by atoms with Gasteiger partial charge in [-0.15, -0.1) is 0 Å². The van der Waals surface area contributed by atoms with Gasteiger partial charge >= 0.3 is 24.3 Å². The second kappa shape index (κ2) is 13.6. The van der Waals surface area contributed by atoms with Crippen molar-refractivity contribution in [3.05, 3.63) is 60.2 Å². The fourth-order valence-corrected chi connectivity index (χ4v) is 4.32. The molecule has 1 spiro atoms. The predicted molar refractivity (Wildman–Crippen MR) is 130 cm³/mol. The van der Waals surface area contributed by atoms with Crippen molar-refractivity contribution in [1.29, 1.82) is 0 Å². The summed E-state index contributed by atoms with van der Waals surface area (Å²) >= 11 is 0. The average Bonchev–Trinajstić information content (AvgIpc) is 3.29. The number of anilines is 1. The van der Waals surface area contributed by atoms with Gasteiger partial charge in [-0.2, -0.15) is 26.3 Å². The summed E-state index contributed by atoms with van der Waals surface area (Å²) in [4.78, 5) is 52.7. The van der Waals surface area contributed by atoms with Crippen LogP contribution in [0.2, 0.25) is 0 Å². The van der Waals surface area contributed by atoms with Crippen LogP contribution in [0.1, 0.15) is 18.9 Å². The third-order valence-electron chi connectivity index (χ3n) is 6.17. The summed E-state index contributed by atoms with van der Waals surface area (Å²) in [5.74, 6) is -5.93. The van der Waals surface area contributed by atoms with Crippen LogP contribution in [-0.2, 0) is 25.7 Å². The molecule has 2 aromatic rings. The van der Waals surface area contributed by atoms with Crippen molar-refractivity contribution in [2.24, 2.45) is 0 Å². The Balaban J connectivity index is 0.000000367. The number of piperazine rings is 1. The molecule has 17 heteroatoms. The zero-order valence-corrected chi connectivity index (χ0v) is 21.8. The van der Waals surface area contributed by atoms with Crippen molar-refractivity contribution in [2.45, 2.75) is 37.8 Å². The molecule has 0 bridgehead atoms. The first-order valence-electron chi connectivity index (χ1n) is 11.9. The highest BCUT2D eigenvalue weighted by Crippen LogP contribution is 2.35. The number of rotatable bonds is 3. The third-order valence-corrected chi connectivity index (χ3v) is 6.17. The first-order valence-corrected chi connectivity index (χ1v) is 11.9. The van der Waals surface area contributed by atoms with Crippen LogP contribution < -0.4 is 4.90 Å². The molecule has 0 saturated carbocycles. The summed E-state index contributed by atoms with van der Waals surface area (Å²) in [5, 5.41) is 14.2. The number of hydrogen-bond donors (Lipinski definition) is 2. The number of pyridine rings is 1. The van der Waals surface area contributed by atoms with Gasteiger partial charge in [0.25, 0.3) is 0 Å². The number of aliphatic carboxylic acids is 2. The van der Waals surface area contributed by atoms with Gasteiger partial charge in [-0.25, -0.2) is 14.0 Å². The highest BCUT2D eigenvalue weighted by atomic mass is 19.4. The number of halogens is 7. The van der Waals surface area contributed by atoms with Gasteiger partial charge in [0.1, 0.15) is 12.4 Å². The Morgan fingerprint density at radius 2 is 1.50 bits per heavy atom. The Labute approximate surface area is 233 Å². The lowest BCUT2D eigenvalue weighted by Crippen LogP contribution is -2.66. The zero-order valence-electron chi connectivity index (χ0n) is 21.8. The summed E-state index contributed by atoms with van der Waals surface area (Å²) in [6.07, 6.45) is -6.02. The van der Waals surface area contributed by atoms with Crippen LogP contribution in [0.5, 0.6) is 0 Å². The van der Waals surface area contributed by atoms with Gasteiger partial charge in [-0.3, -0.25) is 19.5 Å². The molecule has 1 aromatic carbocycles. The van der Waals surface area contributed by atoms with E-state index in [1.54, 1.807) is 34.3 Å². The number of carbonyl (C=O) groups excluding carboxylic acids is 2. The molecule has 0 aliphatic carbocycles. The van der Waals surface area contributed by atoms with E-state index in [0.29, 0.717) is 19.6 Å². The predicted octanol–water partition coefficient (Wildman–Crippen LogP) is 3.33. The summed E-state index contributed by atoms with van der Waals surface area (Å²) < 4.78 is 76.6. The first-order chi connectivity index (χ1) is 19.4. The highest BCUT2D eigenvalue weighted by molar-refractivity contribution is 5.98. The van der Waals surface area contributed by atoms with Gasteiger partial charge in [-0.1, -0.05) is 12.1 Å². The molecule has 230 valence electrons. The standard InChI is InChI=1S/C21H23FN4O2.2C2HF3O2/c1-16(27)26-13-20(28)25(19-3-2-9-23-11-19)15-21(26)8-10-24(14-21)12-17-4-6-18(22)7-5-17;2*3-2(4,5)1(6)7/h2-7,9,11H,8,10,12-15H2,1H3;2*(H,6,7). The number of alkyl halides is 6. The maximum Gasteiger partial charge on any atom is 0.490 e. The number of benzene rings is 1. The Morgan fingerprint density at radius 3 is 1.95 bits per heavy atom. The Kier molecular flexibility index (Phi) is 11.0. The number of carbonyl (C=O) groups is 4. The van der Waals surface area contributed by atoms with E-state index in [1.165, 1.54) is 19.1 Å². The van der Waals surface area contributed by atoms with Crippen molar-refractivity contribution < 1.29 is 60.1 Å². The molecule has 42 heavy (non-hydrogen) atoms. The molecule has 2 aliphatic rings. The first kappa shape index (κ1) is 33.9. The molecule has 2 N–H and O–H groups in total. The maximum atomic E-state index is 13.2. The fourth-order valence-electron chi connectivity index (χ4n) is 4.32. The smallest absolute Gasteiger partial charge is 0.475 e. The average molecular weight is 610 g/mol.